The third-order valence-electron chi connectivity index (χ3n) is 25.4. The van der Waals surface area contributed by atoms with Gasteiger partial charge in [0.1, 0.15) is 0 Å². The van der Waals surface area contributed by atoms with Crippen LogP contribution in [0, 0.1) is 0 Å². The quantitative estimate of drug-likeness (QED) is 0.134. The van der Waals surface area contributed by atoms with Gasteiger partial charge in [-0.05, 0) is 238 Å². The molecule has 15 aromatic rings. The zero-order valence-corrected chi connectivity index (χ0v) is 69.9. The van der Waals surface area contributed by atoms with Crippen LogP contribution in [0.25, 0.3) is 99.5 Å². The van der Waals surface area contributed by atoms with E-state index in [0.717, 1.165) is 24.2 Å². The van der Waals surface area contributed by atoms with E-state index in [2.05, 4.69) is 410 Å². The molecule has 0 bridgehead atoms. The van der Waals surface area contributed by atoms with Crippen molar-refractivity contribution in [2.45, 2.75) is 195 Å². The largest absolute Gasteiger partial charge is 0.310 e. The van der Waals surface area contributed by atoms with E-state index in [1.807, 2.05) is 0 Å². The lowest BCUT2D eigenvalue weighted by Gasteiger charge is -2.46. The SMILES string of the molecule is CC(C)(C)c1cc(-c2ccccc2)c(N2c3cc(-n4c5ccc(C(C)(C)C)cc5c5cc(C(C)(C)C)ccc54)ccc3B3c4ccc(-n5c6ccc(C(C)(C)C)cc6c6cc(C(C)(C)C)ccc65)cc4N(c4c(-c5ccccc5)cc(C(C)(C)C)cc4-c4ccccc4)c4cc(C5CCCCC5)cc2c43)c(-c2ccccc2)c1. The van der Waals surface area contributed by atoms with Gasteiger partial charge in [-0.25, -0.2) is 0 Å². The molecule has 3 aliphatic rings. The summed E-state index contributed by atoms with van der Waals surface area (Å²) in [5.74, 6) is 0.325. The normalized spacial score (nSPS) is 14.4. The van der Waals surface area contributed by atoms with E-state index in [4.69, 9.17) is 0 Å². The van der Waals surface area contributed by atoms with Crippen molar-refractivity contribution in [1.29, 1.82) is 0 Å². The molecule has 2 aliphatic heterocycles. The van der Waals surface area contributed by atoms with Crippen LogP contribution >= 0.6 is 0 Å². The van der Waals surface area contributed by atoms with Crippen molar-refractivity contribution in [2.75, 3.05) is 9.80 Å². The van der Waals surface area contributed by atoms with Gasteiger partial charge < -0.3 is 18.9 Å². The molecule has 13 aromatic carbocycles. The average Bonchev–Trinajstić information content (AvgIpc) is 0.750. The fraction of sp³-hybridized carbons (Fsp3) is 0.278. The molecule has 0 radical (unpaired) electrons. The van der Waals surface area contributed by atoms with Crippen LogP contribution < -0.4 is 26.2 Å². The van der Waals surface area contributed by atoms with E-state index < -0.39 is 0 Å². The summed E-state index contributed by atoms with van der Waals surface area (Å²) in [7, 11) is 0. The fourth-order valence-electron chi connectivity index (χ4n) is 18.9. The molecule has 1 fully saturated rings. The Labute approximate surface area is 672 Å². The number of anilines is 6. The van der Waals surface area contributed by atoms with Gasteiger partial charge in [-0.1, -0.05) is 302 Å². The summed E-state index contributed by atoms with van der Waals surface area (Å²) in [6.07, 6.45) is 5.89. The molecule has 0 atom stereocenters. The molecule has 0 N–H and O–H groups in total. The topological polar surface area (TPSA) is 16.3 Å². The number of benzene rings is 13. The minimum Gasteiger partial charge on any atom is -0.310 e. The van der Waals surface area contributed by atoms with Gasteiger partial charge in [0.05, 0.1) is 33.4 Å². The zero-order valence-electron chi connectivity index (χ0n) is 69.9. The van der Waals surface area contributed by atoms with Crippen molar-refractivity contribution in [3.05, 3.63) is 306 Å². The van der Waals surface area contributed by atoms with Crippen molar-refractivity contribution >= 4 is 101 Å². The molecule has 0 unspecified atom stereocenters. The Balaban J connectivity index is 1.03. The molecular formula is C108H109BN4. The first-order valence-corrected chi connectivity index (χ1v) is 41.7. The second-order valence-electron chi connectivity index (χ2n) is 39.3. The average molecular weight is 1470 g/mol. The summed E-state index contributed by atoms with van der Waals surface area (Å²) >= 11 is 0. The van der Waals surface area contributed by atoms with Crippen LogP contribution in [0.4, 0.5) is 34.1 Å². The molecule has 1 aliphatic carbocycles. The Morgan fingerprint density at radius 3 is 0.823 bits per heavy atom. The highest BCUT2D eigenvalue weighted by atomic mass is 15.2. The van der Waals surface area contributed by atoms with Gasteiger partial charge >= 0.3 is 0 Å². The van der Waals surface area contributed by atoms with Crippen molar-refractivity contribution in [1.82, 2.24) is 9.13 Å². The lowest BCUT2D eigenvalue weighted by molar-refractivity contribution is 0.444. The number of fused-ring (bicyclic) bond motifs is 10. The summed E-state index contributed by atoms with van der Waals surface area (Å²) in [6.45, 7) is 42.3. The van der Waals surface area contributed by atoms with E-state index >= 15 is 0 Å². The molecule has 0 saturated heterocycles. The second-order valence-corrected chi connectivity index (χ2v) is 39.3. The Morgan fingerprint density at radius 1 is 0.265 bits per heavy atom. The lowest BCUT2D eigenvalue weighted by Crippen LogP contribution is -2.61. The Hall–Kier alpha value is -10.9. The highest BCUT2D eigenvalue weighted by molar-refractivity contribution is 7.00. The third kappa shape index (κ3) is 12.8. The molecule has 4 nitrogen and oxygen atoms in total. The van der Waals surface area contributed by atoms with Crippen LogP contribution in [0.5, 0.6) is 0 Å². The third-order valence-corrected chi connectivity index (χ3v) is 25.4. The van der Waals surface area contributed by atoms with Crippen LogP contribution in [0.3, 0.4) is 0 Å². The van der Waals surface area contributed by atoms with Gasteiger partial charge in [-0.2, -0.15) is 0 Å². The van der Waals surface area contributed by atoms with Crippen molar-refractivity contribution in [3.63, 3.8) is 0 Å². The van der Waals surface area contributed by atoms with Crippen LogP contribution in [-0.2, 0) is 32.5 Å². The number of aromatic nitrogens is 2. The Kier molecular flexibility index (Phi) is 17.5. The number of nitrogens with zero attached hydrogens (tertiary/aromatic N) is 4. The maximum atomic E-state index is 2.81. The van der Waals surface area contributed by atoms with Gasteiger partial charge in [0.2, 0.25) is 0 Å². The van der Waals surface area contributed by atoms with E-state index in [9.17, 15) is 0 Å². The second kappa shape index (κ2) is 26.9. The maximum Gasteiger partial charge on any atom is 0.252 e. The zero-order chi connectivity index (χ0) is 78.7. The fourth-order valence-corrected chi connectivity index (χ4v) is 18.9. The summed E-state index contributed by atoms with van der Waals surface area (Å²) in [6, 6.07) is 106. The van der Waals surface area contributed by atoms with Crippen LogP contribution in [0.15, 0.2) is 267 Å². The summed E-state index contributed by atoms with van der Waals surface area (Å²) in [5.41, 5.74) is 36.3. The van der Waals surface area contributed by atoms with Crippen molar-refractivity contribution in [3.8, 4) is 55.9 Å². The van der Waals surface area contributed by atoms with Gasteiger partial charge in [0.25, 0.3) is 6.71 Å². The Bertz CT molecular complexity index is 5620. The van der Waals surface area contributed by atoms with E-state index in [1.165, 1.54) is 197 Å². The molecule has 4 heterocycles. The molecule has 0 spiro atoms. The van der Waals surface area contributed by atoms with E-state index in [-0.39, 0.29) is 39.2 Å². The molecule has 18 rings (SSSR count). The minimum atomic E-state index is -0.229. The number of rotatable bonds is 9. The molecule has 5 heteroatoms. The molecular weight excluding hydrogens is 1360 g/mol. The molecule has 113 heavy (non-hydrogen) atoms. The maximum absolute atomic E-state index is 2.81. The van der Waals surface area contributed by atoms with Gasteiger partial charge in [0.15, 0.2) is 0 Å². The van der Waals surface area contributed by atoms with Crippen LogP contribution in [0.1, 0.15) is 202 Å². The standard InChI is InChI=1S/C108H109BN4/c1-103(2,3)74-44-52-92-86(58-74)87-59-75(104(4,5)6)45-53-93(87)110(92)80-48-50-90-96(66-80)112(101-82(69-36-26-20-27-37-69)62-78(107(13,14)15)63-83(101)70-38-28-21-29-39-70)98-56-73(68-34-24-19-25-35-68)57-99-100(98)109(90)91-51-49-81(111-94-54-46-76(105(7,8)9)60-88(94)89-61-77(106(10,11)12)47-55-95(89)111)67-97(91)113(99)102-84(71-40-30-22-31-41-71)64-79(108(16,17)18)65-85(102)72-42-32-23-33-43-72/h20-23,26-33,36-68H,19,24-25,34-35H2,1-18H3. The highest BCUT2D eigenvalue weighted by Crippen LogP contribution is 2.57. The first-order valence-electron chi connectivity index (χ1n) is 41.7. The predicted molar refractivity (Wildman–Crippen MR) is 489 cm³/mol. The van der Waals surface area contributed by atoms with Crippen LogP contribution in [0.2, 0.25) is 0 Å². The van der Waals surface area contributed by atoms with Crippen molar-refractivity contribution < 1.29 is 0 Å². The van der Waals surface area contributed by atoms with Gasteiger partial charge in [-0.15, -0.1) is 0 Å². The monoisotopic (exact) mass is 1470 g/mol. The molecule has 1 saturated carbocycles. The smallest absolute Gasteiger partial charge is 0.252 e. The first-order chi connectivity index (χ1) is 53.8. The van der Waals surface area contributed by atoms with E-state index in [0.29, 0.717) is 5.92 Å². The van der Waals surface area contributed by atoms with Crippen molar-refractivity contribution in [2.24, 2.45) is 0 Å². The molecule has 0 amide bonds. The minimum absolute atomic E-state index is 0.0563. The highest BCUT2D eigenvalue weighted by Gasteiger charge is 2.47. The van der Waals surface area contributed by atoms with E-state index in [1.54, 1.807) is 0 Å². The lowest BCUT2D eigenvalue weighted by atomic mass is 9.33. The Morgan fingerprint density at radius 2 is 0.549 bits per heavy atom. The molecule has 2 aromatic heterocycles. The molecule has 564 valence electrons. The summed E-state index contributed by atoms with van der Waals surface area (Å²) < 4.78 is 5.20. The van der Waals surface area contributed by atoms with Crippen LogP contribution in [-0.4, -0.2) is 15.8 Å². The number of hydrogen-bond donors (Lipinski definition) is 0. The van der Waals surface area contributed by atoms with Gasteiger partial charge in [0, 0.05) is 77.9 Å². The number of hydrogen-bond acceptors (Lipinski definition) is 2. The summed E-state index contributed by atoms with van der Waals surface area (Å²) in [5, 5.41) is 5.11. The first kappa shape index (κ1) is 73.6. The predicted octanol–water partition coefficient (Wildman–Crippen LogP) is 28.5. The van der Waals surface area contributed by atoms with Gasteiger partial charge in [-0.3, -0.25) is 0 Å². The summed E-state index contributed by atoms with van der Waals surface area (Å²) in [4.78, 5) is 5.63.